The number of aromatic nitrogens is 4. The highest BCUT2D eigenvalue weighted by Crippen LogP contribution is 2.24. The molecule has 0 saturated heterocycles. The molecule has 1 amide bonds. The van der Waals surface area contributed by atoms with Gasteiger partial charge in [0.1, 0.15) is 5.82 Å². The Kier molecular flexibility index (Phi) is 7.68. The molecule has 0 aliphatic heterocycles. The van der Waals surface area contributed by atoms with Gasteiger partial charge in [-0.05, 0) is 24.2 Å². The predicted octanol–water partition coefficient (Wildman–Crippen LogP) is 3.93. The number of rotatable bonds is 10. The normalized spacial score (nSPS) is 12.3. The van der Waals surface area contributed by atoms with Crippen molar-refractivity contribution in [2.75, 3.05) is 24.7 Å². The highest BCUT2D eigenvalue weighted by atomic mass is 32.2. The molecule has 0 saturated carbocycles. The molecular weight excluding hydrogens is 396 g/mol. The third kappa shape index (κ3) is 5.30. The number of amides is 1. The lowest BCUT2D eigenvalue weighted by Gasteiger charge is -2.15. The summed E-state index contributed by atoms with van der Waals surface area (Å²) in [6.45, 7) is 8.23. The summed E-state index contributed by atoms with van der Waals surface area (Å²) in [4.78, 5) is 21.9. The molecule has 2 N–H and O–H groups in total. The molecule has 0 radical (unpaired) electrons. The molecule has 3 rings (SSSR count). The van der Waals surface area contributed by atoms with Crippen LogP contribution in [0.15, 0.2) is 41.7 Å². The Labute approximate surface area is 182 Å². The van der Waals surface area contributed by atoms with Crippen molar-refractivity contribution >= 4 is 34.5 Å². The van der Waals surface area contributed by atoms with E-state index in [4.69, 9.17) is 0 Å². The molecule has 1 atom stereocenters. The third-order valence-electron chi connectivity index (χ3n) is 4.89. The fourth-order valence-corrected chi connectivity index (χ4v) is 3.65. The summed E-state index contributed by atoms with van der Waals surface area (Å²) < 4.78 is 1.83. The van der Waals surface area contributed by atoms with Crippen LogP contribution in [0, 0.1) is 5.92 Å². The minimum Gasteiger partial charge on any atom is -0.369 e. The van der Waals surface area contributed by atoms with E-state index < -0.39 is 0 Å². The van der Waals surface area contributed by atoms with Crippen molar-refractivity contribution in [1.82, 2.24) is 25.1 Å². The Hall–Kier alpha value is -2.61. The topological polar surface area (TPSA) is 84.7 Å². The Morgan fingerprint density at radius 1 is 1.20 bits per heavy atom. The maximum Gasteiger partial charge on any atom is 0.227 e. The second-order valence-corrected chi connectivity index (χ2v) is 8.37. The lowest BCUT2D eigenvalue weighted by Crippen LogP contribution is -2.32. The number of thioether (sulfide) groups is 1. The van der Waals surface area contributed by atoms with Gasteiger partial charge in [0.2, 0.25) is 5.91 Å². The molecule has 0 bridgehead atoms. The van der Waals surface area contributed by atoms with Gasteiger partial charge >= 0.3 is 0 Å². The highest BCUT2D eigenvalue weighted by Gasteiger charge is 2.18. The fourth-order valence-electron chi connectivity index (χ4n) is 3.29. The van der Waals surface area contributed by atoms with Crippen LogP contribution in [-0.4, -0.2) is 45.0 Å². The number of carbonyl (C=O) groups excluding carboxylic acids is 1. The van der Waals surface area contributed by atoms with Gasteiger partial charge in [-0.25, -0.2) is 14.6 Å². The number of hydrogen-bond donors (Lipinski definition) is 2. The number of fused-ring (bicyclic) bond motifs is 1. The first-order chi connectivity index (χ1) is 14.5. The van der Waals surface area contributed by atoms with E-state index >= 15 is 0 Å². The first kappa shape index (κ1) is 22.1. The Balaban J connectivity index is 1.70. The van der Waals surface area contributed by atoms with E-state index in [-0.39, 0.29) is 11.8 Å². The molecule has 30 heavy (non-hydrogen) atoms. The van der Waals surface area contributed by atoms with E-state index in [1.54, 1.807) is 6.20 Å². The van der Waals surface area contributed by atoms with Gasteiger partial charge < -0.3 is 10.6 Å². The maximum atomic E-state index is 12.7. The van der Waals surface area contributed by atoms with E-state index in [1.807, 2.05) is 48.2 Å². The van der Waals surface area contributed by atoms with Crippen molar-refractivity contribution in [1.29, 1.82) is 0 Å². The van der Waals surface area contributed by atoms with Crippen LogP contribution >= 0.6 is 11.8 Å². The van der Waals surface area contributed by atoms with Crippen LogP contribution in [0.4, 0.5) is 5.82 Å². The van der Waals surface area contributed by atoms with E-state index in [2.05, 4.69) is 39.5 Å². The number of benzene rings is 1. The van der Waals surface area contributed by atoms with Gasteiger partial charge in [0.05, 0.1) is 24.0 Å². The van der Waals surface area contributed by atoms with Gasteiger partial charge in [0, 0.05) is 13.1 Å². The van der Waals surface area contributed by atoms with Gasteiger partial charge in [-0.3, -0.25) is 4.79 Å². The van der Waals surface area contributed by atoms with Gasteiger partial charge in [0.25, 0.3) is 0 Å². The number of anilines is 1. The fraction of sp³-hybridized carbons (Fsp3) is 0.455. The smallest absolute Gasteiger partial charge is 0.227 e. The summed E-state index contributed by atoms with van der Waals surface area (Å²) in [6, 6.07) is 9.90. The Bertz CT molecular complexity index is 972. The molecule has 1 unspecified atom stereocenters. The summed E-state index contributed by atoms with van der Waals surface area (Å²) in [7, 11) is 0. The summed E-state index contributed by atoms with van der Waals surface area (Å²) >= 11 is 1.50. The van der Waals surface area contributed by atoms with Gasteiger partial charge in [-0.15, -0.1) is 0 Å². The number of carbonyl (C=O) groups is 1. The molecule has 0 aliphatic rings. The first-order valence-corrected chi connectivity index (χ1v) is 11.6. The van der Waals surface area contributed by atoms with E-state index in [0.717, 1.165) is 35.4 Å². The van der Waals surface area contributed by atoms with Crippen molar-refractivity contribution < 1.29 is 4.79 Å². The highest BCUT2D eigenvalue weighted by molar-refractivity contribution is 7.98. The lowest BCUT2D eigenvalue weighted by atomic mass is 9.96. The van der Waals surface area contributed by atoms with Crippen LogP contribution in [0.1, 0.15) is 38.7 Å². The van der Waals surface area contributed by atoms with Crippen molar-refractivity contribution in [3.63, 3.8) is 0 Å². The predicted molar refractivity (Wildman–Crippen MR) is 123 cm³/mol. The molecule has 160 valence electrons. The summed E-state index contributed by atoms with van der Waals surface area (Å²) in [5.74, 6) is 1.22. The van der Waals surface area contributed by atoms with Crippen LogP contribution in [0.2, 0.25) is 0 Å². The van der Waals surface area contributed by atoms with Crippen molar-refractivity contribution in [3.8, 4) is 0 Å². The van der Waals surface area contributed by atoms with Crippen molar-refractivity contribution in [2.24, 2.45) is 5.92 Å². The van der Waals surface area contributed by atoms with E-state index in [1.165, 1.54) is 11.8 Å². The maximum absolute atomic E-state index is 12.7. The van der Waals surface area contributed by atoms with Gasteiger partial charge in [-0.1, -0.05) is 62.9 Å². The molecule has 1 aromatic carbocycles. The molecule has 2 aromatic heterocycles. The molecule has 8 heteroatoms. The molecule has 7 nitrogen and oxygen atoms in total. The second kappa shape index (κ2) is 10.4. The standard InChI is InChI=1S/C22H30N6OS/c1-5-17(16-9-7-6-8-10-16)21(29)23-11-12-28-20-18(14-25-28)19(24-13-15(2)3)26-22(27-20)30-4/h6-10,14-15,17H,5,11-13H2,1-4H3,(H,23,29)(H,24,26,27). The zero-order valence-corrected chi connectivity index (χ0v) is 18.9. The molecular formula is C22H30N6OS. The average molecular weight is 427 g/mol. The zero-order valence-electron chi connectivity index (χ0n) is 18.1. The molecule has 2 heterocycles. The zero-order chi connectivity index (χ0) is 21.5. The Morgan fingerprint density at radius 3 is 2.63 bits per heavy atom. The summed E-state index contributed by atoms with van der Waals surface area (Å²) in [5, 5.41) is 12.6. The molecule has 3 aromatic rings. The van der Waals surface area contributed by atoms with Crippen molar-refractivity contribution in [2.45, 2.75) is 44.8 Å². The monoisotopic (exact) mass is 426 g/mol. The van der Waals surface area contributed by atoms with Crippen LogP contribution < -0.4 is 10.6 Å². The second-order valence-electron chi connectivity index (χ2n) is 7.60. The summed E-state index contributed by atoms with van der Waals surface area (Å²) in [5.41, 5.74) is 1.82. The molecule has 0 aliphatic carbocycles. The molecule has 0 spiro atoms. The van der Waals surface area contributed by atoms with Gasteiger partial charge in [-0.2, -0.15) is 5.10 Å². The minimum atomic E-state index is -0.141. The minimum absolute atomic E-state index is 0.0406. The Morgan fingerprint density at radius 2 is 1.97 bits per heavy atom. The number of nitrogens with one attached hydrogen (secondary N) is 2. The number of nitrogens with zero attached hydrogens (tertiary/aromatic N) is 4. The lowest BCUT2D eigenvalue weighted by molar-refractivity contribution is -0.122. The van der Waals surface area contributed by atoms with Crippen LogP contribution in [0.25, 0.3) is 11.0 Å². The quantitative estimate of drug-likeness (QED) is 0.377. The third-order valence-corrected chi connectivity index (χ3v) is 5.43. The SMILES string of the molecule is CCC(C(=O)NCCn1ncc2c(NCC(C)C)nc(SC)nc21)c1ccccc1. The largest absolute Gasteiger partial charge is 0.369 e. The van der Waals surface area contributed by atoms with Crippen LogP contribution in [0.3, 0.4) is 0 Å². The van der Waals surface area contributed by atoms with Gasteiger partial charge in [0.15, 0.2) is 10.8 Å². The van der Waals surface area contributed by atoms with Crippen molar-refractivity contribution in [3.05, 3.63) is 42.1 Å². The molecule has 0 fully saturated rings. The van der Waals surface area contributed by atoms with E-state index in [9.17, 15) is 4.79 Å². The van der Waals surface area contributed by atoms with E-state index in [0.29, 0.717) is 24.2 Å². The first-order valence-electron chi connectivity index (χ1n) is 10.4. The summed E-state index contributed by atoms with van der Waals surface area (Å²) in [6.07, 6.45) is 4.52. The number of hydrogen-bond acceptors (Lipinski definition) is 6. The average Bonchev–Trinajstić information content (AvgIpc) is 3.16. The van der Waals surface area contributed by atoms with Crippen LogP contribution in [0.5, 0.6) is 0 Å². The van der Waals surface area contributed by atoms with Crippen LogP contribution in [-0.2, 0) is 11.3 Å².